The first-order valence-corrected chi connectivity index (χ1v) is 8.00. The summed E-state index contributed by atoms with van der Waals surface area (Å²) in [7, 11) is 1.63. The molecule has 1 unspecified atom stereocenters. The Hall–Kier alpha value is -2.53. The van der Waals surface area contributed by atoms with E-state index in [1.165, 1.54) is 0 Å². The number of amides is 2. The molecule has 0 radical (unpaired) electrons. The van der Waals surface area contributed by atoms with Gasteiger partial charge in [0.15, 0.2) is 0 Å². The van der Waals surface area contributed by atoms with E-state index in [4.69, 9.17) is 9.47 Å². The van der Waals surface area contributed by atoms with E-state index in [1.807, 2.05) is 62.4 Å². The van der Waals surface area contributed by atoms with Crippen molar-refractivity contribution in [2.24, 2.45) is 0 Å². The van der Waals surface area contributed by atoms with Gasteiger partial charge in [-0.1, -0.05) is 36.4 Å². The van der Waals surface area contributed by atoms with Gasteiger partial charge in [0, 0.05) is 13.7 Å². The predicted molar refractivity (Wildman–Crippen MR) is 95.6 cm³/mol. The number of nitrogens with one attached hydrogen (secondary N) is 2. The van der Waals surface area contributed by atoms with E-state index in [0.717, 1.165) is 11.1 Å². The van der Waals surface area contributed by atoms with E-state index in [2.05, 4.69) is 10.6 Å². The molecule has 128 valence electrons. The lowest BCUT2D eigenvalue weighted by Gasteiger charge is -2.17. The van der Waals surface area contributed by atoms with Crippen LogP contribution in [-0.4, -0.2) is 26.3 Å². The van der Waals surface area contributed by atoms with Gasteiger partial charge < -0.3 is 20.1 Å². The first kappa shape index (κ1) is 17.8. The van der Waals surface area contributed by atoms with Gasteiger partial charge in [-0.25, -0.2) is 4.79 Å². The van der Waals surface area contributed by atoms with E-state index >= 15 is 0 Å². The number of methoxy groups -OCH3 is 1. The van der Waals surface area contributed by atoms with Crippen LogP contribution in [-0.2, 0) is 4.74 Å². The minimum atomic E-state index is -0.294. The fraction of sp³-hybridized carbons (Fsp3) is 0.316. The summed E-state index contributed by atoms with van der Waals surface area (Å²) in [6.45, 7) is 4.81. The highest BCUT2D eigenvalue weighted by Crippen LogP contribution is 2.25. The van der Waals surface area contributed by atoms with Crippen LogP contribution < -0.4 is 15.4 Å². The molecular formula is C19H24N2O3. The van der Waals surface area contributed by atoms with E-state index in [-0.39, 0.29) is 12.1 Å². The zero-order valence-electron chi connectivity index (χ0n) is 14.3. The first-order valence-electron chi connectivity index (χ1n) is 8.00. The molecule has 0 saturated carbocycles. The van der Waals surface area contributed by atoms with Gasteiger partial charge in [-0.15, -0.1) is 0 Å². The van der Waals surface area contributed by atoms with E-state index in [0.29, 0.717) is 24.6 Å². The maximum atomic E-state index is 12.2. The second-order valence-corrected chi connectivity index (χ2v) is 5.40. The second-order valence-electron chi connectivity index (χ2n) is 5.40. The van der Waals surface area contributed by atoms with Gasteiger partial charge in [0.2, 0.25) is 0 Å². The molecule has 0 aliphatic rings. The summed E-state index contributed by atoms with van der Waals surface area (Å²) in [5.74, 6) is 0.666. The molecule has 24 heavy (non-hydrogen) atoms. The molecule has 0 aliphatic carbocycles. The molecule has 2 N–H and O–H groups in total. The minimum Gasteiger partial charge on any atom is -0.492 e. The number of aryl methyl sites for hydroxylation is 1. The number of hydrogen-bond donors (Lipinski definition) is 2. The fourth-order valence-electron chi connectivity index (χ4n) is 2.36. The van der Waals surface area contributed by atoms with Crippen LogP contribution in [0.15, 0.2) is 48.5 Å². The zero-order chi connectivity index (χ0) is 17.4. The highest BCUT2D eigenvalue weighted by molar-refractivity contribution is 5.91. The Morgan fingerprint density at radius 1 is 1.17 bits per heavy atom. The monoisotopic (exact) mass is 328 g/mol. The number of carbonyl (C=O) groups is 1. The van der Waals surface area contributed by atoms with Gasteiger partial charge in [-0.2, -0.15) is 0 Å². The van der Waals surface area contributed by atoms with Crippen LogP contribution in [0.2, 0.25) is 0 Å². The summed E-state index contributed by atoms with van der Waals surface area (Å²) in [4.78, 5) is 12.2. The number of anilines is 1. The van der Waals surface area contributed by atoms with E-state index in [1.54, 1.807) is 7.11 Å². The van der Waals surface area contributed by atoms with Gasteiger partial charge in [-0.05, 0) is 37.1 Å². The van der Waals surface area contributed by atoms with Crippen LogP contribution in [0.5, 0.6) is 5.75 Å². The minimum absolute atomic E-state index is 0.193. The molecule has 0 aliphatic heterocycles. The van der Waals surface area contributed by atoms with Crippen LogP contribution in [0.4, 0.5) is 10.5 Å². The summed E-state index contributed by atoms with van der Waals surface area (Å²) < 4.78 is 11.0. The lowest BCUT2D eigenvalue weighted by molar-refractivity contribution is 0.104. The lowest BCUT2D eigenvalue weighted by atomic mass is 10.1. The Morgan fingerprint density at radius 2 is 1.92 bits per heavy atom. The normalized spacial score (nSPS) is 11.6. The Morgan fingerprint density at radius 3 is 2.58 bits per heavy atom. The highest BCUT2D eigenvalue weighted by Gasteiger charge is 2.13. The SMILES string of the molecule is CCOc1cc(C)ccc1NC(=O)NCC(OC)c1ccccc1. The molecule has 0 fully saturated rings. The molecule has 2 rings (SSSR count). The van der Waals surface area contributed by atoms with Crippen LogP contribution in [0.25, 0.3) is 0 Å². The third-order valence-corrected chi connectivity index (χ3v) is 3.59. The Labute approximate surface area is 143 Å². The fourth-order valence-corrected chi connectivity index (χ4v) is 2.36. The Balaban J connectivity index is 1.96. The van der Waals surface area contributed by atoms with Crippen LogP contribution >= 0.6 is 0 Å². The van der Waals surface area contributed by atoms with Gasteiger partial charge in [-0.3, -0.25) is 0 Å². The molecule has 0 saturated heterocycles. The van der Waals surface area contributed by atoms with Crippen LogP contribution in [0.1, 0.15) is 24.2 Å². The van der Waals surface area contributed by atoms with E-state index in [9.17, 15) is 4.79 Å². The number of benzene rings is 2. The molecule has 2 aromatic carbocycles. The second kappa shape index (κ2) is 8.93. The number of ether oxygens (including phenoxy) is 2. The molecule has 5 nitrogen and oxygen atoms in total. The third kappa shape index (κ3) is 4.99. The number of carbonyl (C=O) groups excluding carboxylic acids is 1. The van der Waals surface area contributed by atoms with Crippen molar-refractivity contribution in [2.75, 3.05) is 25.6 Å². The maximum Gasteiger partial charge on any atom is 0.319 e. The number of rotatable bonds is 7. The number of hydrogen-bond acceptors (Lipinski definition) is 3. The van der Waals surface area contributed by atoms with Crippen molar-refractivity contribution in [3.63, 3.8) is 0 Å². The molecule has 0 bridgehead atoms. The summed E-state index contributed by atoms with van der Waals surface area (Å²) in [6.07, 6.45) is -0.193. The van der Waals surface area contributed by atoms with Crippen LogP contribution in [0.3, 0.4) is 0 Å². The van der Waals surface area contributed by atoms with Crippen molar-refractivity contribution in [2.45, 2.75) is 20.0 Å². The average Bonchev–Trinajstić information content (AvgIpc) is 2.59. The van der Waals surface area contributed by atoms with Gasteiger partial charge in [0.25, 0.3) is 0 Å². The predicted octanol–water partition coefficient (Wildman–Crippen LogP) is 3.90. The summed E-state index contributed by atoms with van der Waals surface area (Å²) in [5.41, 5.74) is 2.74. The van der Waals surface area contributed by atoms with Crippen molar-refractivity contribution in [3.05, 3.63) is 59.7 Å². The smallest absolute Gasteiger partial charge is 0.319 e. The van der Waals surface area contributed by atoms with Crippen molar-refractivity contribution in [3.8, 4) is 5.75 Å². The molecule has 0 heterocycles. The van der Waals surface area contributed by atoms with Crippen molar-refractivity contribution < 1.29 is 14.3 Å². The van der Waals surface area contributed by atoms with E-state index < -0.39 is 0 Å². The summed E-state index contributed by atoms with van der Waals surface area (Å²) in [6, 6.07) is 15.2. The largest absolute Gasteiger partial charge is 0.492 e. The van der Waals surface area contributed by atoms with Crippen LogP contribution in [0, 0.1) is 6.92 Å². The molecule has 2 amide bonds. The van der Waals surface area contributed by atoms with Crippen molar-refractivity contribution in [1.82, 2.24) is 5.32 Å². The van der Waals surface area contributed by atoms with Gasteiger partial charge >= 0.3 is 6.03 Å². The van der Waals surface area contributed by atoms with Gasteiger partial charge in [0.05, 0.1) is 18.4 Å². The lowest BCUT2D eigenvalue weighted by Crippen LogP contribution is -2.33. The van der Waals surface area contributed by atoms with Gasteiger partial charge in [0.1, 0.15) is 5.75 Å². The topological polar surface area (TPSA) is 59.6 Å². The molecule has 2 aromatic rings. The molecule has 0 spiro atoms. The molecule has 5 heteroatoms. The standard InChI is InChI=1S/C19H24N2O3/c1-4-24-17-12-14(2)10-11-16(17)21-19(22)20-13-18(23-3)15-8-6-5-7-9-15/h5-12,18H,4,13H2,1-3H3,(H2,20,21,22). The maximum absolute atomic E-state index is 12.2. The molecule has 1 atom stereocenters. The molecular weight excluding hydrogens is 304 g/mol. The highest BCUT2D eigenvalue weighted by atomic mass is 16.5. The third-order valence-electron chi connectivity index (χ3n) is 3.59. The number of urea groups is 1. The van der Waals surface area contributed by atoms with Crippen molar-refractivity contribution >= 4 is 11.7 Å². The zero-order valence-corrected chi connectivity index (χ0v) is 14.3. The Bertz CT molecular complexity index is 659. The summed E-state index contributed by atoms with van der Waals surface area (Å²) in [5, 5.41) is 5.66. The first-order chi connectivity index (χ1) is 11.6. The average molecular weight is 328 g/mol. The Kier molecular flexibility index (Phi) is 6.63. The molecule has 0 aromatic heterocycles. The summed E-state index contributed by atoms with van der Waals surface area (Å²) >= 11 is 0. The quantitative estimate of drug-likeness (QED) is 0.810. The van der Waals surface area contributed by atoms with Crippen molar-refractivity contribution in [1.29, 1.82) is 0 Å².